The normalized spacial score (nSPS) is 19.8. The number of nitrogens with zero attached hydrogens (tertiary/aromatic N) is 1. The van der Waals surface area contributed by atoms with Crippen molar-refractivity contribution >= 4 is 23.4 Å². The number of carbonyl (C=O) groups excluding carboxylic acids is 3. The molecule has 0 bridgehead atoms. The molecule has 1 saturated heterocycles. The summed E-state index contributed by atoms with van der Waals surface area (Å²) in [6.45, 7) is 7.10. The maximum Gasteiger partial charge on any atom is 0.269 e. The predicted molar refractivity (Wildman–Crippen MR) is 149 cm³/mol. The maximum absolute atomic E-state index is 13.0. The fourth-order valence-electron chi connectivity index (χ4n) is 5.67. The van der Waals surface area contributed by atoms with Crippen LogP contribution >= 0.6 is 0 Å². The minimum absolute atomic E-state index is 0.154. The molecule has 3 aromatic rings. The lowest BCUT2D eigenvalue weighted by Gasteiger charge is -2.45. The van der Waals surface area contributed by atoms with E-state index in [9.17, 15) is 14.4 Å². The highest BCUT2D eigenvalue weighted by Crippen LogP contribution is 2.44. The Kier molecular flexibility index (Phi) is 7.25. The number of anilines is 1. The summed E-state index contributed by atoms with van der Waals surface area (Å²) in [6, 6.07) is 22.6. The summed E-state index contributed by atoms with van der Waals surface area (Å²) in [5.74, 6) is -1.02. The van der Waals surface area contributed by atoms with Gasteiger partial charge in [0.15, 0.2) is 0 Å². The lowest BCUT2D eigenvalue weighted by atomic mass is 9.76. The van der Waals surface area contributed by atoms with E-state index in [0.717, 1.165) is 31.4 Å². The average molecular weight is 527 g/mol. The number of carbonyl (C=O) groups is 3. The molecule has 2 aliphatic rings. The summed E-state index contributed by atoms with van der Waals surface area (Å²) in [5.41, 5.74) is 9.51. The van der Waals surface area contributed by atoms with E-state index in [2.05, 4.69) is 59.2 Å². The van der Waals surface area contributed by atoms with Gasteiger partial charge in [0.1, 0.15) is 5.72 Å². The molecule has 39 heavy (non-hydrogen) atoms. The molecule has 3 amide bonds. The van der Waals surface area contributed by atoms with Gasteiger partial charge in [-0.1, -0.05) is 36.4 Å². The zero-order chi connectivity index (χ0) is 27.6. The number of amides is 3. The second kappa shape index (κ2) is 10.6. The molecular weight excluding hydrogens is 492 g/mol. The molecule has 0 saturated carbocycles. The number of nitrogens with one attached hydrogen (secondary N) is 3. The Bertz CT molecular complexity index is 1390. The van der Waals surface area contributed by atoms with Crippen molar-refractivity contribution in [1.82, 2.24) is 15.8 Å². The molecule has 0 radical (unpaired) electrons. The zero-order valence-electron chi connectivity index (χ0n) is 22.5. The summed E-state index contributed by atoms with van der Waals surface area (Å²) in [4.78, 5) is 39.1. The third-order valence-electron chi connectivity index (χ3n) is 7.70. The molecule has 0 aromatic heterocycles. The number of aryl methyl sites for hydroxylation is 1. The second-order valence-corrected chi connectivity index (χ2v) is 10.9. The Morgan fingerprint density at radius 3 is 2.23 bits per heavy atom. The lowest BCUT2D eigenvalue weighted by molar-refractivity contribution is -0.114. The van der Waals surface area contributed by atoms with Gasteiger partial charge in [-0.05, 0) is 86.2 Å². The van der Waals surface area contributed by atoms with Gasteiger partial charge in [-0.25, -0.2) is 0 Å². The monoisotopic (exact) mass is 526 g/mol. The van der Waals surface area contributed by atoms with Crippen LogP contribution in [0, 0.1) is 0 Å². The van der Waals surface area contributed by atoms with E-state index in [4.69, 9.17) is 4.74 Å². The van der Waals surface area contributed by atoms with Crippen molar-refractivity contribution in [2.24, 2.45) is 0 Å². The summed E-state index contributed by atoms with van der Waals surface area (Å²) in [7, 11) is 0. The highest BCUT2D eigenvalue weighted by Gasteiger charge is 2.52. The molecule has 3 aromatic carbocycles. The minimum Gasteiger partial charge on any atom is -0.359 e. The SMILES string of the molecule is CC(=O)Nc1ccc(C(=O)NNC(=O)c2ccc3c(c2)C[C@@]2(CC3)COC(C)(C)N2Cc2ccccc2)cc1. The molecule has 3 N–H and O–H groups in total. The third kappa shape index (κ3) is 5.72. The van der Waals surface area contributed by atoms with E-state index >= 15 is 0 Å². The van der Waals surface area contributed by atoms with Crippen LogP contribution in [0.1, 0.15) is 64.6 Å². The topological polar surface area (TPSA) is 99.8 Å². The van der Waals surface area contributed by atoms with Crippen LogP contribution < -0.4 is 16.2 Å². The molecule has 1 atom stereocenters. The first-order valence-corrected chi connectivity index (χ1v) is 13.2. The van der Waals surface area contributed by atoms with Gasteiger partial charge in [-0.15, -0.1) is 0 Å². The summed E-state index contributed by atoms with van der Waals surface area (Å²) < 4.78 is 6.32. The van der Waals surface area contributed by atoms with Crippen molar-refractivity contribution in [3.63, 3.8) is 0 Å². The van der Waals surface area contributed by atoms with E-state index in [-0.39, 0.29) is 17.4 Å². The first-order valence-electron chi connectivity index (χ1n) is 13.2. The Morgan fingerprint density at radius 1 is 0.872 bits per heavy atom. The number of hydrogen-bond donors (Lipinski definition) is 3. The molecular formula is C31H34N4O4. The Hall–Kier alpha value is -4.01. The van der Waals surface area contributed by atoms with Gasteiger partial charge in [-0.2, -0.15) is 0 Å². The summed E-state index contributed by atoms with van der Waals surface area (Å²) >= 11 is 0. The van der Waals surface area contributed by atoms with E-state index in [1.165, 1.54) is 18.1 Å². The van der Waals surface area contributed by atoms with Crippen LogP contribution in [0.4, 0.5) is 5.69 Å². The zero-order valence-corrected chi connectivity index (χ0v) is 22.5. The highest BCUT2D eigenvalue weighted by atomic mass is 16.5. The number of ether oxygens (including phenoxy) is 1. The first-order chi connectivity index (χ1) is 18.6. The van der Waals surface area contributed by atoms with E-state index < -0.39 is 11.6 Å². The molecule has 1 aliphatic heterocycles. The van der Waals surface area contributed by atoms with Gasteiger partial charge < -0.3 is 10.1 Å². The number of hydrazine groups is 1. The quantitative estimate of drug-likeness (QED) is 0.433. The van der Waals surface area contributed by atoms with Gasteiger partial charge in [-0.3, -0.25) is 30.1 Å². The number of rotatable bonds is 5. The van der Waals surface area contributed by atoms with Gasteiger partial charge in [0.05, 0.1) is 12.1 Å². The van der Waals surface area contributed by atoms with Crippen LogP contribution in [-0.4, -0.2) is 40.5 Å². The van der Waals surface area contributed by atoms with E-state index in [0.29, 0.717) is 23.4 Å². The summed E-state index contributed by atoms with van der Waals surface area (Å²) in [6.07, 6.45) is 2.68. The van der Waals surface area contributed by atoms with E-state index in [1.807, 2.05) is 18.2 Å². The largest absolute Gasteiger partial charge is 0.359 e. The van der Waals surface area contributed by atoms with Crippen LogP contribution in [0.2, 0.25) is 0 Å². The Balaban J connectivity index is 1.27. The van der Waals surface area contributed by atoms with Crippen molar-refractivity contribution in [2.45, 2.75) is 57.8 Å². The van der Waals surface area contributed by atoms with Crippen LogP contribution in [0.25, 0.3) is 0 Å². The predicted octanol–water partition coefficient (Wildman–Crippen LogP) is 4.22. The number of fused-ring (bicyclic) bond motifs is 1. The molecule has 202 valence electrons. The van der Waals surface area contributed by atoms with Crippen LogP contribution in [0.5, 0.6) is 0 Å². The molecule has 1 aliphatic carbocycles. The van der Waals surface area contributed by atoms with Gasteiger partial charge in [0.25, 0.3) is 11.8 Å². The van der Waals surface area contributed by atoms with Crippen molar-refractivity contribution in [2.75, 3.05) is 11.9 Å². The van der Waals surface area contributed by atoms with Crippen molar-refractivity contribution < 1.29 is 19.1 Å². The molecule has 1 fully saturated rings. The summed E-state index contributed by atoms with van der Waals surface area (Å²) in [5, 5.41) is 2.65. The number of benzene rings is 3. The van der Waals surface area contributed by atoms with Crippen LogP contribution in [-0.2, 0) is 28.9 Å². The fraction of sp³-hybridized carbons (Fsp3) is 0.323. The van der Waals surface area contributed by atoms with Gasteiger partial charge in [0, 0.05) is 30.3 Å². The maximum atomic E-state index is 13.0. The third-order valence-corrected chi connectivity index (χ3v) is 7.70. The molecule has 0 unspecified atom stereocenters. The lowest BCUT2D eigenvalue weighted by Crippen LogP contribution is -2.54. The van der Waals surface area contributed by atoms with E-state index in [1.54, 1.807) is 30.3 Å². The fourth-order valence-corrected chi connectivity index (χ4v) is 5.67. The van der Waals surface area contributed by atoms with Crippen molar-refractivity contribution in [1.29, 1.82) is 0 Å². The van der Waals surface area contributed by atoms with Crippen molar-refractivity contribution in [3.05, 3.63) is 101 Å². The number of hydrogen-bond acceptors (Lipinski definition) is 5. The van der Waals surface area contributed by atoms with Crippen LogP contribution in [0.15, 0.2) is 72.8 Å². The molecule has 8 nitrogen and oxygen atoms in total. The van der Waals surface area contributed by atoms with Crippen molar-refractivity contribution in [3.8, 4) is 0 Å². The van der Waals surface area contributed by atoms with Crippen LogP contribution in [0.3, 0.4) is 0 Å². The molecule has 8 heteroatoms. The minimum atomic E-state index is -0.448. The second-order valence-electron chi connectivity index (χ2n) is 10.9. The first kappa shape index (κ1) is 26.6. The van der Waals surface area contributed by atoms with Gasteiger partial charge >= 0.3 is 0 Å². The highest BCUT2D eigenvalue weighted by molar-refractivity contribution is 5.99. The molecule has 1 heterocycles. The Labute approximate surface area is 228 Å². The molecule has 1 spiro atoms. The average Bonchev–Trinajstić information content (AvgIpc) is 3.16. The smallest absolute Gasteiger partial charge is 0.269 e. The standard InChI is InChI=1S/C31H34N4O4/c1-21(36)32-27-13-11-24(12-14-27)28(37)33-34-29(38)25-10-9-23-15-16-31(18-26(23)17-25)20-39-30(2,3)35(31)19-22-7-5-4-6-8-22/h4-14,17H,15-16,18-20H2,1-3H3,(H,32,36)(H,33,37)(H,34,38)/t31-/m0/s1. The Morgan fingerprint density at radius 2 is 1.54 bits per heavy atom. The van der Waals surface area contributed by atoms with Gasteiger partial charge in [0.2, 0.25) is 5.91 Å². The molecule has 5 rings (SSSR count).